The Morgan fingerprint density at radius 1 is 0.486 bits per heavy atom. The molecule has 0 spiro atoms. The van der Waals surface area contributed by atoms with Gasteiger partial charge in [0.1, 0.15) is 0 Å². The summed E-state index contributed by atoms with van der Waals surface area (Å²) in [7, 11) is 0. The van der Waals surface area contributed by atoms with Gasteiger partial charge < -0.3 is 9.80 Å². The molecule has 2 aliphatic rings. The quantitative estimate of drug-likeness (QED) is 0.246. The molecule has 3 heteroatoms. The molecular weight excluding hydrogens is 447 g/mol. The number of nitrogens with zero attached hydrogens (tertiary/aromatic N) is 2. The molecule has 5 aromatic carbocycles. The Kier molecular flexibility index (Phi) is 4.84. The maximum absolute atomic E-state index is 2.47. The second kappa shape index (κ2) is 8.14. The molecule has 0 amide bonds. The Morgan fingerprint density at radius 2 is 1.00 bits per heavy atom. The summed E-state index contributed by atoms with van der Waals surface area (Å²) in [4.78, 5) is 4.90. The van der Waals surface area contributed by atoms with Gasteiger partial charge in [-0.1, -0.05) is 93.6 Å². The largest absolute Gasteiger partial charge is 0.311 e. The Morgan fingerprint density at radius 3 is 1.62 bits per heavy atom. The van der Waals surface area contributed by atoms with E-state index in [1.165, 1.54) is 56.1 Å². The Balaban J connectivity index is 1.57. The molecular formula is C34H29BN2. The number of anilines is 6. The first-order chi connectivity index (χ1) is 18.0. The van der Waals surface area contributed by atoms with Crippen LogP contribution >= 0.6 is 0 Å². The van der Waals surface area contributed by atoms with Crippen LogP contribution in [-0.2, 0) is 5.41 Å². The molecule has 37 heavy (non-hydrogen) atoms. The van der Waals surface area contributed by atoms with Crippen molar-refractivity contribution in [2.45, 2.75) is 26.2 Å². The van der Waals surface area contributed by atoms with Gasteiger partial charge in [0.05, 0.1) is 0 Å². The van der Waals surface area contributed by atoms with Gasteiger partial charge in [-0.05, 0) is 75.9 Å². The van der Waals surface area contributed by atoms with Crippen molar-refractivity contribution < 1.29 is 0 Å². The lowest BCUT2D eigenvalue weighted by Crippen LogP contribution is -2.61. The minimum absolute atomic E-state index is 0.0636. The summed E-state index contributed by atoms with van der Waals surface area (Å²) >= 11 is 0. The van der Waals surface area contributed by atoms with Crippen molar-refractivity contribution in [1.82, 2.24) is 0 Å². The third kappa shape index (κ3) is 3.34. The van der Waals surface area contributed by atoms with E-state index in [0.717, 1.165) is 0 Å². The van der Waals surface area contributed by atoms with Crippen molar-refractivity contribution >= 4 is 57.2 Å². The molecule has 7 rings (SSSR count). The van der Waals surface area contributed by atoms with Crippen LogP contribution in [0.1, 0.15) is 26.3 Å². The molecule has 0 N–H and O–H groups in total. The lowest BCUT2D eigenvalue weighted by atomic mass is 9.33. The number of hydrogen-bond acceptors (Lipinski definition) is 2. The molecule has 2 aliphatic heterocycles. The van der Waals surface area contributed by atoms with Gasteiger partial charge in [0.2, 0.25) is 0 Å². The number of fused-ring (bicyclic) bond motifs is 4. The van der Waals surface area contributed by atoms with Crippen molar-refractivity contribution in [2.24, 2.45) is 0 Å². The number of rotatable bonds is 2. The van der Waals surface area contributed by atoms with Crippen molar-refractivity contribution in [1.29, 1.82) is 0 Å². The highest BCUT2D eigenvalue weighted by atomic mass is 15.2. The summed E-state index contributed by atoms with van der Waals surface area (Å²) in [5.74, 6) is 0. The Bertz CT molecular complexity index is 1620. The van der Waals surface area contributed by atoms with E-state index in [0.29, 0.717) is 0 Å². The SMILES string of the molecule is CC(C)(C)c1ccc2c(c1)N(c1ccccc1)c1cccc3c1B2c1ccccc1N3c1ccccc1. The van der Waals surface area contributed by atoms with Gasteiger partial charge in [0, 0.05) is 34.1 Å². The third-order valence-electron chi connectivity index (χ3n) is 7.80. The van der Waals surface area contributed by atoms with Gasteiger partial charge >= 0.3 is 0 Å². The molecule has 0 aromatic heterocycles. The lowest BCUT2D eigenvalue weighted by molar-refractivity contribution is 0.590. The van der Waals surface area contributed by atoms with Gasteiger partial charge in [-0.25, -0.2) is 0 Å². The first kappa shape index (κ1) is 22.0. The van der Waals surface area contributed by atoms with Crippen LogP contribution in [0.2, 0.25) is 0 Å². The minimum Gasteiger partial charge on any atom is -0.311 e. The molecule has 0 unspecified atom stereocenters. The van der Waals surface area contributed by atoms with Gasteiger partial charge in [0.25, 0.3) is 6.71 Å². The van der Waals surface area contributed by atoms with E-state index in [-0.39, 0.29) is 12.1 Å². The van der Waals surface area contributed by atoms with Gasteiger partial charge in [-0.15, -0.1) is 0 Å². The average Bonchev–Trinajstić information content (AvgIpc) is 2.93. The predicted octanol–water partition coefficient (Wildman–Crippen LogP) is 7.07. The van der Waals surface area contributed by atoms with Crippen molar-refractivity contribution in [3.05, 3.63) is 127 Å². The van der Waals surface area contributed by atoms with Crippen molar-refractivity contribution in [3.8, 4) is 0 Å². The standard InChI is InChI=1S/C34H29BN2/c1-34(2,3)24-21-22-28-32(23-24)37(26-15-8-5-9-16-26)31-20-12-19-30-33(31)35(28)27-17-10-11-18-29(27)36(30)25-13-6-4-7-14-25/h4-23H,1-3H3. The first-order valence-corrected chi connectivity index (χ1v) is 13.1. The monoisotopic (exact) mass is 476 g/mol. The van der Waals surface area contributed by atoms with Crippen LogP contribution in [0, 0.1) is 0 Å². The summed E-state index contributed by atoms with van der Waals surface area (Å²) in [5.41, 5.74) is 12.9. The van der Waals surface area contributed by atoms with Crippen LogP contribution in [0.15, 0.2) is 121 Å². The zero-order chi connectivity index (χ0) is 25.1. The Hall–Kier alpha value is -4.24. The van der Waals surface area contributed by atoms with Crippen LogP contribution in [0.5, 0.6) is 0 Å². The zero-order valence-corrected chi connectivity index (χ0v) is 21.5. The Labute approximate surface area is 219 Å². The molecule has 2 heterocycles. The van der Waals surface area contributed by atoms with E-state index in [2.05, 4.69) is 152 Å². The summed E-state index contributed by atoms with van der Waals surface area (Å²) < 4.78 is 0. The molecule has 0 saturated heterocycles. The summed E-state index contributed by atoms with van der Waals surface area (Å²) in [5, 5.41) is 0. The molecule has 178 valence electrons. The molecule has 0 radical (unpaired) electrons. The summed E-state index contributed by atoms with van der Waals surface area (Å²) in [6, 6.07) is 44.4. The second-order valence-corrected chi connectivity index (χ2v) is 11.1. The smallest absolute Gasteiger partial charge is 0.252 e. The van der Waals surface area contributed by atoms with Crippen LogP contribution in [0.3, 0.4) is 0 Å². The fourth-order valence-electron chi connectivity index (χ4n) is 6.06. The zero-order valence-electron chi connectivity index (χ0n) is 21.5. The molecule has 0 bridgehead atoms. The van der Waals surface area contributed by atoms with Crippen LogP contribution in [-0.4, -0.2) is 6.71 Å². The minimum atomic E-state index is 0.0636. The van der Waals surface area contributed by atoms with Gasteiger partial charge in [-0.3, -0.25) is 0 Å². The molecule has 2 nitrogen and oxygen atoms in total. The summed E-state index contributed by atoms with van der Waals surface area (Å²) in [6.07, 6.45) is 0. The van der Waals surface area contributed by atoms with E-state index >= 15 is 0 Å². The maximum Gasteiger partial charge on any atom is 0.252 e. The molecule has 0 aliphatic carbocycles. The normalized spacial score (nSPS) is 13.6. The van der Waals surface area contributed by atoms with Crippen LogP contribution in [0.4, 0.5) is 34.1 Å². The topological polar surface area (TPSA) is 6.48 Å². The van der Waals surface area contributed by atoms with Crippen LogP contribution < -0.4 is 26.2 Å². The first-order valence-electron chi connectivity index (χ1n) is 13.1. The highest BCUT2D eigenvalue weighted by Gasteiger charge is 2.43. The van der Waals surface area contributed by atoms with Crippen molar-refractivity contribution in [3.63, 3.8) is 0 Å². The van der Waals surface area contributed by atoms with Crippen LogP contribution in [0.25, 0.3) is 0 Å². The highest BCUT2D eigenvalue weighted by molar-refractivity contribution is 7.00. The van der Waals surface area contributed by atoms with Gasteiger partial charge in [-0.2, -0.15) is 0 Å². The van der Waals surface area contributed by atoms with Crippen molar-refractivity contribution in [2.75, 3.05) is 9.80 Å². The average molecular weight is 476 g/mol. The van der Waals surface area contributed by atoms with Gasteiger partial charge in [0.15, 0.2) is 0 Å². The maximum atomic E-state index is 2.47. The lowest BCUT2D eigenvalue weighted by Gasteiger charge is -2.44. The van der Waals surface area contributed by atoms with E-state index in [4.69, 9.17) is 0 Å². The number of para-hydroxylation sites is 3. The second-order valence-electron chi connectivity index (χ2n) is 11.1. The highest BCUT2D eigenvalue weighted by Crippen LogP contribution is 2.44. The molecule has 5 aromatic rings. The van der Waals surface area contributed by atoms with E-state index < -0.39 is 0 Å². The van der Waals surface area contributed by atoms with E-state index in [1.807, 2.05) is 0 Å². The molecule has 0 fully saturated rings. The fraction of sp³-hybridized carbons (Fsp3) is 0.118. The molecule has 0 saturated carbocycles. The van der Waals surface area contributed by atoms with E-state index in [1.54, 1.807) is 0 Å². The summed E-state index contributed by atoms with van der Waals surface area (Å²) in [6.45, 7) is 7.06. The fourth-order valence-corrected chi connectivity index (χ4v) is 6.06. The molecule has 0 atom stereocenters. The third-order valence-corrected chi connectivity index (χ3v) is 7.80. The number of hydrogen-bond donors (Lipinski definition) is 0. The number of benzene rings is 5. The van der Waals surface area contributed by atoms with E-state index in [9.17, 15) is 0 Å². The predicted molar refractivity (Wildman–Crippen MR) is 159 cm³/mol.